The summed E-state index contributed by atoms with van der Waals surface area (Å²) < 4.78 is 5.40. The Morgan fingerprint density at radius 2 is 1.87 bits per heavy atom. The topological polar surface area (TPSA) is 46.6 Å². The molecule has 1 aliphatic rings. The van der Waals surface area contributed by atoms with Gasteiger partial charge in [0, 0.05) is 24.0 Å². The first-order valence-corrected chi connectivity index (χ1v) is 11.6. The first-order valence-electron chi connectivity index (χ1n) is 10.8. The van der Waals surface area contributed by atoms with Crippen LogP contribution in [-0.4, -0.2) is 49.0 Å². The zero-order valence-corrected chi connectivity index (χ0v) is 18.7. The van der Waals surface area contributed by atoms with Gasteiger partial charge < -0.3 is 4.74 Å². The van der Waals surface area contributed by atoms with Gasteiger partial charge in [-0.2, -0.15) is 0 Å². The summed E-state index contributed by atoms with van der Waals surface area (Å²) in [7, 11) is 0. The number of carbonyl (C=O) groups is 1. The molecule has 5 heteroatoms. The fraction of sp³-hybridized carbons (Fsp3) is 0.480. The highest BCUT2D eigenvalue weighted by atomic mass is 32.1. The van der Waals surface area contributed by atoms with Crippen molar-refractivity contribution in [2.75, 3.05) is 26.3 Å². The number of hydrogen-bond acceptors (Lipinski definition) is 5. The van der Waals surface area contributed by atoms with Crippen LogP contribution in [0.5, 0.6) is 0 Å². The molecule has 3 rings (SSSR count). The van der Waals surface area contributed by atoms with Gasteiger partial charge in [-0.15, -0.1) is 11.3 Å². The summed E-state index contributed by atoms with van der Waals surface area (Å²) in [6.07, 6.45) is 4.91. The molecule has 0 N–H and O–H groups in total. The zero-order chi connectivity index (χ0) is 21.3. The second-order valence-corrected chi connectivity index (χ2v) is 9.27. The average molecular weight is 426 g/mol. The van der Waals surface area contributed by atoms with Crippen LogP contribution < -0.4 is 0 Å². The Bertz CT molecular complexity index is 859. The summed E-state index contributed by atoms with van der Waals surface area (Å²) in [6.45, 7) is 7.12. The van der Waals surface area contributed by atoms with Crippen molar-refractivity contribution in [2.24, 2.45) is 0 Å². The molecular formula is C25H31NO3S. The monoisotopic (exact) mass is 425 g/mol. The van der Waals surface area contributed by atoms with Gasteiger partial charge in [0.15, 0.2) is 5.78 Å². The van der Waals surface area contributed by atoms with E-state index in [2.05, 4.69) is 49.1 Å². The summed E-state index contributed by atoms with van der Waals surface area (Å²) in [6, 6.07) is 12.6. The van der Waals surface area contributed by atoms with Gasteiger partial charge in [0.05, 0.1) is 24.1 Å². The second-order valence-electron chi connectivity index (χ2n) is 8.10. The molecule has 0 saturated carbocycles. The molecule has 0 radical (unpaired) electrons. The van der Waals surface area contributed by atoms with E-state index < -0.39 is 0 Å². The van der Waals surface area contributed by atoms with E-state index in [9.17, 15) is 9.59 Å². The highest BCUT2D eigenvalue weighted by Crippen LogP contribution is 2.24. The standard InChI is InChI=1S/C25H31NO3S/c1-19(2)21-10-8-20(9-11-21)5-3-6-22-12-13-24(30-22)25(28)23(7-4-16-27)26-14-17-29-18-15-26/h4,8-13,19,23H,3,5-7,14-15,17-18H2,1-2H3. The summed E-state index contributed by atoms with van der Waals surface area (Å²) in [5.74, 6) is 2.48. The lowest BCUT2D eigenvalue weighted by Crippen LogP contribution is -2.47. The molecule has 1 saturated heterocycles. The van der Waals surface area contributed by atoms with E-state index in [1.54, 1.807) is 11.3 Å². The average Bonchev–Trinajstić information content (AvgIpc) is 3.24. The van der Waals surface area contributed by atoms with E-state index >= 15 is 0 Å². The Hall–Kier alpha value is -2.04. The van der Waals surface area contributed by atoms with Crippen molar-refractivity contribution >= 4 is 23.1 Å². The molecule has 1 fully saturated rings. The molecular weight excluding hydrogens is 394 g/mol. The minimum Gasteiger partial charge on any atom is -0.379 e. The number of benzene rings is 1. The van der Waals surface area contributed by atoms with Gasteiger partial charge in [0.1, 0.15) is 5.94 Å². The first-order chi connectivity index (χ1) is 14.6. The number of thiophene rings is 1. The number of carbonyl (C=O) groups excluding carboxylic acids is 2. The molecule has 2 heterocycles. The van der Waals surface area contributed by atoms with Gasteiger partial charge in [-0.3, -0.25) is 9.69 Å². The number of hydrogen-bond donors (Lipinski definition) is 0. The van der Waals surface area contributed by atoms with E-state index in [1.165, 1.54) is 22.1 Å². The van der Waals surface area contributed by atoms with Gasteiger partial charge in [-0.1, -0.05) is 38.1 Å². The lowest BCUT2D eigenvalue weighted by atomic mass is 10.00. The Morgan fingerprint density at radius 3 is 2.53 bits per heavy atom. The van der Waals surface area contributed by atoms with Crippen LogP contribution in [0.2, 0.25) is 0 Å². The van der Waals surface area contributed by atoms with Crippen molar-refractivity contribution in [3.05, 3.63) is 63.4 Å². The van der Waals surface area contributed by atoms with Crippen molar-refractivity contribution in [3.8, 4) is 0 Å². The Kier molecular flexibility index (Phi) is 8.59. The van der Waals surface area contributed by atoms with E-state index in [1.807, 2.05) is 12.0 Å². The number of Topliss-reactive ketones (excluding diaryl/α,β-unsaturated/α-hetero) is 1. The summed E-state index contributed by atoms with van der Waals surface area (Å²) in [5, 5.41) is 0. The van der Waals surface area contributed by atoms with E-state index in [0.29, 0.717) is 25.6 Å². The highest BCUT2D eigenvalue weighted by Gasteiger charge is 2.28. The number of nitrogens with zero attached hydrogens (tertiary/aromatic N) is 1. The van der Waals surface area contributed by atoms with Crippen LogP contribution in [0.3, 0.4) is 0 Å². The van der Waals surface area contributed by atoms with Gasteiger partial charge >= 0.3 is 0 Å². The van der Waals surface area contributed by atoms with Crippen LogP contribution in [0.4, 0.5) is 0 Å². The molecule has 1 atom stereocenters. The minimum atomic E-state index is -0.304. The summed E-state index contributed by atoms with van der Waals surface area (Å²) >= 11 is 1.59. The molecule has 1 unspecified atom stereocenters. The first kappa shape index (κ1) is 22.6. The zero-order valence-electron chi connectivity index (χ0n) is 17.9. The lowest BCUT2D eigenvalue weighted by Gasteiger charge is -2.32. The number of morpholine rings is 1. The van der Waals surface area contributed by atoms with Crippen LogP contribution >= 0.6 is 11.3 Å². The number of ether oxygens (including phenoxy) is 1. The van der Waals surface area contributed by atoms with E-state index in [-0.39, 0.29) is 11.8 Å². The van der Waals surface area contributed by atoms with Crippen molar-refractivity contribution in [2.45, 2.75) is 51.5 Å². The maximum absolute atomic E-state index is 13.1. The SMILES string of the molecule is CC(C)c1ccc(CCCc2ccc(C(=O)C(CC=C=O)N3CCOCC3)s2)cc1. The summed E-state index contributed by atoms with van der Waals surface area (Å²) in [4.78, 5) is 28.0. The van der Waals surface area contributed by atoms with Gasteiger partial charge in [0.25, 0.3) is 0 Å². The fourth-order valence-corrected chi connectivity index (χ4v) is 4.85. The molecule has 0 aliphatic carbocycles. The molecule has 2 aromatic rings. The Balaban J connectivity index is 1.56. The third kappa shape index (κ3) is 6.23. The Labute approximate surface area is 183 Å². The van der Waals surface area contributed by atoms with Crippen LogP contribution in [0.25, 0.3) is 0 Å². The summed E-state index contributed by atoms with van der Waals surface area (Å²) in [5.41, 5.74) is 2.74. The molecule has 4 nitrogen and oxygen atoms in total. The van der Waals surface area contributed by atoms with Crippen molar-refractivity contribution < 1.29 is 14.3 Å². The maximum Gasteiger partial charge on any atom is 0.190 e. The molecule has 1 aromatic heterocycles. The van der Waals surface area contributed by atoms with Crippen molar-refractivity contribution in [3.63, 3.8) is 0 Å². The quantitative estimate of drug-likeness (QED) is 0.409. The van der Waals surface area contributed by atoms with Gasteiger partial charge in [-0.05, 0) is 54.9 Å². The normalized spacial score (nSPS) is 15.7. The number of ketones is 1. The van der Waals surface area contributed by atoms with E-state index in [4.69, 9.17) is 4.74 Å². The van der Waals surface area contributed by atoms with Crippen LogP contribution in [0.1, 0.15) is 58.3 Å². The third-order valence-electron chi connectivity index (χ3n) is 5.65. The van der Waals surface area contributed by atoms with Gasteiger partial charge in [-0.25, -0.2) is 4.79 Å². The van der Waals surface area contributed by atoms with Crippen LogP contribution in [0.15, 0.2) is 42.5 Å². The fourth-order valence-electron chi connectivity index (χ4n) is 3.82. The lowest BCUT2D eigenvalue weighted by molar-refractivity contribution is 0.0183. The number of rotatable bonds is 10. The van der Waals surface area contributed by atoms with Crippen LogP contribution in [-0.2, 0) is 22.4 Å². The predicted molar refractivity (Wildman–Crippen MR) is 122 cm³/mol. The minimum absolute atomic E-state index is 0.101. The smallest absolute Gasteiger partial charge is 0.190 e. The van der Waals surface area contributed by atoms with Crippen molar-refractivity contribution in [1.82, 2.24) is 4.90 Å². The van der Waals surface area contributed by atoms with E-state index in [0.717, 1.165) is 37.2 Å². The molecule has 160 valence electrons. The third-order valence-corrected chi connectivity index (χ3v) is 6.81. The van der Waals surface area contributed by atoms with Crippen molar-refractivity contribution in [1.29, 1.82) is 0 Å². The number of aryl methyl sites for hydroxylation is 2. The predicted octanol–water partition coefficient (Wildman–Crippen LogP) is 4.71. The molecule has 30 heavy (non-hydrogen) atoms. The molecule has 1 aromatic carbocycles. The molecule has 1 aliphatic heterocycles. The van der Waals surface area contributed by atoms with Crippen LogP contribution in [0, 0.1) is 0 Å². The van der Waals surface area contributed by atoms with Gasteiger partial charge in [0.2, 0.25) is 0 Å². The largest absolute Gasteiger partial charge is 0.379 e. The second kappa shape index (κ2) is 11.4. The Morgan fingerprint density at radius 1 is 1.13 bits per heavy atom. The molecule has 0 spiro atoms. The maximum atomic E-state index is 13.1. The highest BCUT2D eigenvalue weighted by molar-refractivity contribution is 7.14. The molecule has 0 amide bonds. The molecule has 0 bridgehead atoms.